The molecule has 0 atom stereocenters. The van der Waals surface area contributed by atoms with Crippen LogP contribution in [0.3, 0.4) is 0 Å². The van der Waals surface area contributed by atoms with Crippen molar-refractivity contribution in [2.24, 2.45) is 0 Å². The van der Waals surface area contributed by atoms with Gasteiger partial charge in [0.25, 0.3) is 0 Å². The van der Waals surface area contributed by atoms with Crippen LogP contribution in [0.1, 0.15) is 72.2 Å². The number of fused-ring (bicyclic) bond motifs is 3. The van der Waals surface area contributed by atoms with Gasteiger partial charge in [-0.05, 0) is 282 Å². The predicted molar refractivity (Wildman–Crippen MR) is 291 cm³/mol. The fourth-order valence-electron chi connectivity index (χ4n) is 5.00. The van der Waals surface area contributed by atoms with Gasteiger partial charge in [-0.3, -0.25) is 0 Å². The Bertz CT molecular complexity index is 4830. The Balaban J connectivity index is 3.17. The van der Waals surface area contributed by atoms with Crippen LogP contribution in [-0.2, 0) is 0 Å². The molecular weight excluding hydrogens is 881 g/mol. The van der Waals surface area contributed by atoms with Crippen LogP contribution in [0.4, 0.5) is 0 Å². The first-order chi connectivity index (χ1) is 36.1. The van der Waals surface area contributed by atoms with Crippen molar-refractivity contribution in [3.05, 3.63) is 44.5 Å². The van der Waals surface area contributed by atoms with Gasteiger partial charge in [0.2, 0.25) is 0 Å². The van der Waals surface area contributed by atoms with E-state index in [2.05, 4.69) is 308 Å². The van der Waals surface area contributed by atoms with Crippen LogP contribution >= 0.6 is 0 Å². The van der Waals surface area contributed by atoms with E-state index >= 15 is 0 Å². The molecule has 3 aromatic rings. The number of benzene rings is 2. The van der Waals surface area contributed by atoms with E-state index in [-0.39, 0.29) is 66.4 Å². The molecule has 3 rings (SSSR count). The lowest BCUT2D eigenvalue weighted by molar-refractivity contribution is 0.666. The first kappa shape index (κ1) is 53.3. The van der Waals surface area contributed by atoms with Gasteiger partial charge in [-0.1, -0.05) is 53.3 Å². The second kappa shape index (κ2) is 33.4. The minimum atomic E-state index is 0.0882. The van der Waals surface area contributed by atoms with Crippen molar-refractivity contribution in [3.8, 4) is 334 Å². The summed E-state index contributed by atoms with van der Waals surface area (Å²) in [6.45, 7) is 6.56. The summed E-state index contributed by atoms with van der Waals surface area (Å²) in [5, 5.41) is 0.556. The van der Waals surface area contributed by atoms with Crippen LogP contribution in [0.2, 0.25) is 0 Å². The first-order valence-corrected chi connectivity index (χ1v) is 19.8. The van der Waals surface area contributed by atoms with Crippen molar-refractivity contribution >= 4 is 21.9 Å². The van der Waals surface area contributed by atoms with Crippen molar-refractivity contribution < 1.29 is 4.42 Å². The third-order valence-electron chi connectivity index (χ3n) is 7.40. The topological polar surface area (TPSA) is 13.1 Å². The van der Waals surface area contributed by atoms with E-state index < -0.39 is 0 Å². The molecule has 1 aromatic heterocycles. The van der Waals surface area contributed by atoms with Gasteiger partial charge in [0.15, 0.2) is 11.2 Å². The normalized spacial score (nSPS) is 6.14. The smallest absolute Gasteiger partial charge is 0.153 e. The number of hydrogen-bond donors (Lipinski definition) is 0. The molecule has 0 saturated carbocycles. The number of hydrogen-bond acceptors (Lipinski definition) is 1. The van der Waals surface area contributed by atoms with E-state index in [1.54, 1.807) is 27.7 Å². The van der Waals surface area contributed by atoms with Gasteiger partial charge in [0.05, 0.1) is 44.5 Å². The average molecular weight is 897 g/mol. The molecule has 0 unspecified atom stereocenters. The van der Waals surface area contributed by atoms with Gasteiger partial charge in [-0.25, -0.2) is 0 Å². The molecule has 0 spiro atoms. The van der Waals surface area contributed by atoms with Gasteiger partial charge >= 0.3 is 0 Å². The summed E-state index contributed by atoms with van der Waals surface area (Å²) in [5.41, 5.74) is 1.70. The summed E-state index contributed by atoms with van der Waals surface area (Å²) >= 11 is 0. The molecule has 73 heavy (non-hydrogen) atoms. The molecule has 0 aliphatic heterocycles. The zero-order valence-electron chi connectivity index (χ0n) is 38.7. The summed E-state index contributed by atoms with van der Waals surface area (Å²) < 4.78 is 6.91. The Morgan fingerprint density at radius 2 is 0.397 bits per heavy atom. The first-order valence-electron chi connectivity index (χ1n) is 19.8. The summed E-state index contributed by atoms with van der Waals surface area (Å²) in [6, 6.07) is 0. The SMILES string of the molecule is C#CC#CC#CC#CC#Cc1c(C#CC#CC#CC#CC)c(C#CC#CC#CC#C)c2c(oc3c(C#CC#C)c(C#CC#CC)c(C#CC#CC#C)c(C#CC#CC#CC)c32)c1C#CC#CC#CC#CC#CC. The molecule has 2 aromatic carbocycles. The Labute approximate surface area is 429 Å². The number of rotatable bonds is 0. The molecular formula is C72H16O. The van der Waals surface area contributed by atoms with Gasteiger partial charge in [0, 0.05) is 10.8 Å². The summed E-state index contributed by atoms with van der Waals surface area (Å²) in [5.74, 6) is 140. The Hall–Kier alpha value is -14.1. The van der Waals surface area contributed by atoms with E-state index in [0.717, 1.165) is 0 Å². The predicted octanol–water partition coefficient (Wildman–Crippen LogP) is 5.06. The molecule has 0 bridgehead atoms. The molecule has 0 saturated heterocycles. The van der Waals surface area contributed by atoms with Crippen LogP contribution in [-0.4, -0.2) is 0 Å². The second-order valence-corrected chi connectivity index (χ2v) is 11.6. The molecule has 1 heteroatoms. The van der Waals surface area contributed by atoms with Crippen molar-refractivity contribution in [3.63, 3.8) is 0 Å². The zero-order chi connectivity index (χ0) is 52.4. The highest BCUT2D eigenvalue weighted by molar-refractivity contribution is 6.16. The molecule has 0 aliphatic carbocycles. The molecule has 0 radical (unpaired) electrons. The minimum Gasteiger partial charge on any atom is -0.453 e. The van der Waals surface area contributed by atoms with Crippen LogP contribution in [0.25, 0.3) is 21.9 Å². The molecule has 0 fully saturated rings. The third-order valence-corrected chi connectivity index (χ3v) is 7.40. The summed E-state index contributed by atoms with van der Waals surface area (Å²) in [6.07, 6.45) is 21.7. The highest BCUT2D eigenvalue weighted by Crippen LogP contribution is 2.42. The van der Waals surface area contributed by atoms with E-state index in [1.807, 2.05) is 0 Å². The Kier molecular flexibility index (Phi) is 24.4. The van der Waals surface area contributed by atoms with Crippen molar-refractivity contribution in [1.82, 2.24) is 0 Å². The maximum absolute atomic E-state index is 6.91. The maximum atomic E-state index is 6.91. The van der Waals surface area contributed by atoms with Crippen molar-refractivity contribution in [1.29, 1.82) is 0 Å². The fraction of sp³-hybridized carbons (Fsp3) is 0.0556. The van der Waals surface area contributed by atoms with Gasteiger partial charge in [-0.15, -0.1) is 25.7 Å². The van der Waals surface area contributed by atoms with Crippen molar-refractivity contribution in [2.45, 2.75) is 27.7 Å². The van der Waals surface area contributed by atoms with E-state index in [4.69, 9.17) is 30.1 Å². The minimum absolute atomic E-state index is 0.0882. The highest BCUT2D eigenvalue weighted by atomic mass is 16.3. The second-order valence-electron chi connectivity index (χ2n) is 11.6. The van der Waals surface area contributed by atoms with E-state index in [1.165, 1.54) is 0 Å². The van der Waals surface area contributed by atoms with Gasteiger partial charge in [-0.2, -0.15) is 0 Å². The van der Waals surface area contributed by atoms with Crippen LogP contribution in [0, 0.1) is 334 Å². The molecule has 1 nitrogen and oxygen atoms in total. The molecule has 0 amide bonds. The Morgan fingerprint density at radius 3 is 0.699 bits per heavy atom. The van der Waals surface area contributed by atoms with Gasteiger partial charge in [0.1, 0.15) is 0 Å². The van der Waals surface area contributed by atoms with Crippen LogP contribution < -0.4 is 0 Å². The van der Waals surface area contributed by atoms with Crippen LogP contribution in [0.5, 0.6) is 0 Å². The summed E-state index contributed by atoms with van der Waals surface area (Å²) in [7, 11) is 0. The number of furan rings is 1. The van der Waals surface area contributed by atoms with E-state index in [0.29, 0.717) is 0 Å². The van der Waals surface area contributed by atoms with Gasteiger partial charge < -0.3 is 4.42 Å². The average Bonchev–Trinajstić information content (AvgIpc) is 3.79. The molecule has 0 N–H and O–H groups in total. The zero-order valence-corrected chi connectivity index (χ0v) is 38.7. The van der Waals surface area contributed by atoms with Crippen molar-refractivity contribution in [2.75, 3.05) is 0 Å². The lowest BCUT2D eigenvalue weighted by atomic mass is 9.87. The lowest BCUT2D eigenvalue weighted by Crippen LogP contribution is -1.99. The third kappa shape index (κ3) is 17.4. The standard InChI is InChI=1S/C72H16O/c1-9-17-25-31-35-37-40-45-52-60-68-64(57-49-44-39-36-32-26-18-10-2)62(56-48-43-38-33-27-19-11-3)66(59-51-42-34-28-20-12-4)70-69-65(58-50-41-29-21-13-5)61(55-47-30-22-14-6)63(54-46-23-15-7)67(53-24-16-8)71(69)73-72(68)70/h2,4,6,8H,1,3,5,7H3. The molecule has 1 heterocycles. The van der Waals surface area contributed by atoms with Crippen LogP contribution in [0.15, 0.2) is 4.42 Å². The molecule has 0 aliphatic rings. The Morgan fingerprint density at radius 1 is 0.205 bits per heavy atom. The summed E-state index contributed by atoms with van der Waals surface area (Å²) in [4.78, 5) is 0. The highest BCUT2D eigenvalue weighted by Gasteiger charge is 2.28. The molecule has 310 valence electrons. The largest absolute Gasteiger partial charge is 0.453 e. The number of terminal acetylenes is 4. The maximum Gasteiger partial charge on any atom is 0.153 e. The fourth-order valence-corrected chi connectivity index (χ4v) is 5.00. The quantitative estimate of drug-likeness (QED) is 0.288. The lowest BCUT2D eigenvalue weighted by Gasteiger charge is -2.09. The monoisotopic (exact) mass is 896 g/mol. The van der Waals surface area contributed by atoms with E-state index in [9.17, 15) is 0 Å².